The molecule has 5 rings (SSSR count). The van der Waals surface area contributed by atoms with E-state index >= 15 is 0 Å². The Morgan fingerprint density at radius 1 is 0.833 bits per heavy atom. The monoisotopic (exact) mass is 397 g/mol. The number of aromatic nitrogens is 3. The molecule has 6 heteroatoms. The van der Waals surface area contributed by atoms with Gasteiger partial charge >= 0.3 is 0 Å². The number of benzene rings is 2. The van der Waals surface area contributed by atoms with Crippen molar-refractivity contribution in [3.63, 3.8) is 0 Å². The van der Waals surface area contributed by atoms with Crippen LogP contribution < -0.4 is 4.90 Å². The zero-order valence-corrected chi connectivity index (χ0v) is 16.6. The summed E-state index contributed by atoms with van der Waals surface area (Å²) in [5.41, 5.74) is 5.25. The summed E-state index contributed by atoms with van der Waals surface area (Å²) in [6, 6.07) is 22.9. The van der Waals surface area contributed by atoms with Gasteiger partial charge < -0.3 is 9.47 Å². The maximum absolute atomic E-state index is 12.0. The first-order valence-corrected chi connectivity index (χ1v) is 10.2. The van der Waals surface area contributed by atoms with E-state index in [-0.39, 0.29) is 6.17 Å². The minimum Gasteiger partial charge on any atom is -0.368 e. The van der Waals surface area contributed by atoms with E-state index < -0.39 is 0 Å². The molecule has 150 valence electrons. The molecule has 30 heavy (non-hydrogen) atoms. The Morgan fingerprint density at radius 2 is 1.60 bits per heavy atom. The van der Waals surface area contributed by atoms with E-state index in [4.69, 9.17) is 0 Å². The SMILES string of the molecule is O=CC(N1CCN(c2ccccc2-c2ccccc2)CC1)n1cnc2ncccc21. The van der Waals surface area contributed by atoms with Crippen LogP contribution in [-0.4, -0.2) is 51.9 Å². The molecule has 0 saturated carbocycles. The summed E-state index contributed by atoms with van der Waals surface area (Å²) in [4.78, 5) is 25.3. The van der Waals surface area contributed by atoms with Crippen molar-refractivity contribution in [1.82, 2.24) is 19.4 Å². The Bertz CT molecular complexity index is 1150. The van der Waals surface area contributed by atoms with Gasteiger partial charge in [-0.3, -0.25) is 9.69 Å². The number of piperazine rings is 1. The van der Waals surface area contributed by atoms with Crippen LogP contribution >= 0.6 is 0 Å². The van der Waals surface area contributed by atoms with Crippen LogP contribution in [-0.2, 0) is 4.79 Å². The van der Waals surface area contributed by atoms with Crippen LogP contribution in [0.2, 0.25) is 0 Å². The lowest BCUT2D eigenvalue weighted by Gasteiger charge is -2.39. The highest BCUT2D eigenvalue weighted by Crippen LogP contribution is 2.32. The largest absolute Gasteiger partial charge is 0.368 e. The van der Waals surface area contributed by atoms with E-state index in [9.17, 15) is 4.79 Å². The van der Waals surface area contributed by atoms with E-state index in [1.807, 2.05) is 22.8 Å². The van der Waals surface area contributed by atoms with Crippen LogP contribution in [0.4, 0.5) is 5.69 Å². The predicted octanol–water partition coefficient (Wildman–Crippen LogP) is 3.62. The molecule has 2 aromatic carbocycles. The predicted molar refractivity (Wildman–Crippen MR) is 118 cm³/mol. The van der Waals surface area contributed by atoms with Crippen molar-refractivity contribution in [2.24, 2.45) is 0 Å². The van der Waals surface area contributed by atoms with Gasteiger partial charge in [0.1, 0.15) is 6.17 Å². The highest BCUT2D eigenvalue weighted by Gasteiger charge is 2.26. The lowest BCUT2D eigenvalue weighted by molar-refractivity contribution is -0.115. The van der Waals surface area contributed by atoms with Gasteiger partial charge in [0.2, 0.25) is 0 Å². The fraction of sp³-hybridized carbons (Fsp3) is 0.208. The number of para-hydroxylation sites is 1. The van der Waals surface area contributed by atoms with Crippen molar-refractivity contribution in [3.8, 4) is 11.1 Å². The maximum atomic E-state index is 12.0. The summed E-state index contributed by atoms with van der Waals surface area (Å²) in [6.07, 6.45) is 4.07. The molecule has 0 amide bonds. The Labute approximate surface area is 175 Å². The number of nitrogens with zero attached hydrogens (tertiary/aromatic N) is 5. The van der Waals surface area contributed by atoms with Gasteiger partial charge in [-0.2, -0.15) is 0 Å². The van der Waals surface area contributed by atoms with Gasteiger partial charge in [0.05, 0.1) is 11.8 Å². The topological polar surface area (TPSA) is 54.3 Å². The van der Waals surface area contributed by atoms with Gasteiger partial charge in [-0.05, 0) is 23.8 Å². The van der Waals surface area contributed by atoms with Crippen molar-refractivity contribution in [2.45, 2.75) is 6.17 Å². The average Bonchev–Trinajstić information content (AvgIpc) is 3.25. The second-order valence-electron chi connectivity index (χ2n) is 7.45. The first-order valence-electron chi connectivity index (χ1n) is 10.2. The number of fused-ring (bicyclic) bond motifs is 1. The smallest absolute Gasteiger partial charge is 0.177 e. The van der Waals surface area contributed by atoms with E-state index in [1.165, 1.54) is 16.8 Å². The lowest BCUT2D eigenvalue weighted by atomic mass is 10.0. The first-order chi connectivity index (χ1) is 14.8. The van der Waals surface area contributed by atoms with E-state index in [0.29, 0.717) is 5.65 Å². The van der Waals surface area contributed by atoms with Gasteiger partial charge in [0, 0.05) is 43.6 Å². The third kappa shape index (κ3) is 3.35. The highest BCUT2D eigenvalue weighted by atomic mass is 16.1. The molecule has 0 spiro atoms. The Kier molecular flexibility index (Phi) is 4.99. The molecule has 6 nitrogen and oxygen atoms in total. The Balaban J connectivity index is 1.36. The zero-order chi connectivity index (χ0) is 20.3. The van der Waals surface area contributed by atoms with Crippen LogP contribution in [0.5, 0.6) is 0 Å². The van der Waals surface area contributed by atoms with Gasteiger partial charge in [-0.1, -0.05) is 48.5 Å². The standard InChI is InChI=1S/C24H23N5O/c30-17-23(29-18-26-24-22(29)11-6-12-25-24)28-15-13-27(14-16-28)21-10-5-4-9-20(21)19-7-2-1-3-8-19/h1-12,17-18,23H,13-16H2. The van der Waals surface area contributed by atoms with Crippen LogP contribution in [0.15, 0.2) is 79.3 Å². The molecule has 0 N–H and O–H groups in total. The van der Waals surface area contributed by atoms with Crippen molar-refractivity contribution in [1.29, 1.82) is 0 Å². The molecule has 2 aromatic heterocycles. The van der Waals surface area contributed by atoms with Crippen molar-refractivity contribution < 1.29 is 4.79 Å². The van der Waals surface area contributed by atoms with Crippen LogP contribution in [0, 0.1) is 0 Å². The normalized spacial score (nSPS) is 15.9. The third-order valence-corrected chi connectivity index (χ3v) is 5.77. The summed E-state index contributed by atoms with van der Waals surface area (Å²) in [6.45, 7) is 3.32. The van der Waals surface area contributed by atoms with Crippen LogP contribution in [0.3, 0.4) is 0 Å². The molecule has 1 aliphatic heterocycles. The molecule has 0 aliphatic carbocycles. The number of pyridine rings is 1. The number of carbonyl (C=O) groups is 1. The lowest BCUT2D eigenvalue weighted by Crippen LogP contribution is -2.49. The third-order valence-electron chi connectivity index (χ3n) is 5.77. The molecule has 0 bridgehead atoms. The van der Waals surface area contributed by atoms with Crippen LogP contribution in [0.1, 0.15) is 6.17 Å². The summed E-state index contributed by atoms with van der Waals surface area (Å²) in [7, 11) is 0. The van der Waals surface area contributed by atoms with E-state index in [0.717, 1.165) is 38.0 Å². The number of hydrogen-bond acceptors (Lipinski definition) is 5. The Hall–Kier alpha value is -3.51. The number of anilines is 1. The minimum absolute atomic E-state index is 0.370. The Morgan fingerprint density at radius 3 is 2.40 bits per heavy atom. The minimum atomic E-state index is -0.370. The number of hydrogen-bond donors (Lipinski definition) is 0. The molecule has 1 saturated heterocycles. The summed E-state index contributed by atoms with van der Waals surface area (Å²) >= 11 is 0. The van der Waals surface area contributed by atoms with Crippen molar-refractivity contribution in [3.05, 3.63) is 79.3 Å². The second kappa shape index (κ2) is 8.08. The molecule has 1 aliphatic rings. The molecule has 3 heterocycles. The summed E-state index contributed by atoms with van der Waals surface area (Å²) in [5.74, 6) is 0. The summed E-state index contributed by atoms with van der Waals surface area (Å²) < 4.78 is 1.92. The number of aldehydes is 1. The van der Waals surface area contributed by atoms with Gasteiger partial charge in [0.15, 0.2) is 11.9 Å². The molecule has 4 aromatic rings. The van der Waals surface area contributed by atoms with Gasteiger partial charge in [0.25, 0.3) is 0 Å². The summed E-state index contributed by atoms with van der Waals surface area (Å²) in [5, 5.41) is 0. The number of imidazole rings is 1. The fourth-order valence-electron chi connectivity index (χ4n) is 4.25. The maximum Gasteiger partial charge on any atom is 0.177 e. The fourth-order valence-corrected chi connectivity index (χ4v) is 4.25. The number of rotatable bonds is 5. The van der Waals surface area contributed by atoms with E-state index in [1.54, 1.807) is 12.5 Å². The molecule has 1 atom stereocenters. The second-order valence-corrected chi connectivity index (χ2v) is 7.45. The first kappa shape index (κ1) is 18.5. The molecule has 1 unspecified atom stereocenters. The van der Waals surface area contributed by atoms with Crippen molar-refractivity contribution >= 4 is 23.1 Å². The average molecular weight is 397 g/mol. The quantitative estimate of drug-likeness (QED) is 0.482. The van der Waals surface area contributed by atoms with Gasteiger partial charge in [-0.15, -0.1) is 0 Å². The molecular formula is C24H23N5O. The van der Waals surface area contributed by atoms with Crippen LogP contribution in [0.25, 0.3) is 22.3 Å². The molecule has 1 fully saturated rings. The van der Waals surface area contributed by atoms with Crippen molar-refractivity contribution in [2.75, 3.05) is 31.1 Å². The highest BCUT2D eigenvalue weighted by molar-refractivity contribution is 5.78. The number of carbonyl (C=O) groups excluding carboxylic acids is 1. The molecular weight excluding hydrogens is 374 g/mol. The van der Waals surface area contributed by atoms with Gasteiger partial charge in [-0.25, -0.2) is 9.97 Å². The van der Waals surface area contributed by atoms with E-state index in [2.05, 4.69) is 68.3 Å². The molecule has 0 radical (unpaired) electrons. The zero-order valence-electron chi connectivity index (χ0n) is 16.6.